The van der Waals surface area contributed by atoms with E-state index in [9.17, 15) is 13.2 Å². The summed E-state index contributed by atoms with van der Waals surface area (Å²) in [5.74, 6) is -0.307. The summed E-state index contributed by atoms with van der Waals surface area (Å²) in [7, 11) is -3.75. The normalized spacial score (nSPS) is 18.2. The van der Waals surface area contributed by atoms with Gasteiger partial charge in [0.25, 0.3) is 0 Å². The van der Waals surface area contributed by atoms with Crippen molar-refractivity contribution in [3.8, 4) is 0 Å². The van der Waals surface area contributed by atoms with Crippen LogP contribution in [0, 0.1) is 0 Å². The van der Waals surface area contributed by atoms with Crippen molar-refractivity contribution >= 4 is 33.2 Å². The number of halogens is 1. The van der Waals surface area contributed by atoms with Crippen LogP contribution in [0.3, 0.4) is 0 Å². The second kappa shape index (κ2) is 7.85. The minimum absolute atomic E-state index is 0.0252. The number of hydrogen-bond donors (Lipinski definition) is 1. The number of sulfonamides is 1. The van der Waals surface area contributed by atoms with Crippen molar-refractivity contribution in [3.63, 3.8) is 0 Å². The summed E-state index contributed by atoms with van der Waals surface area (Å²) >= 11 is 5.86. The fourth-order valence-electron chi connectivity index (χ4n) is 3.31. The summed E-state index contributed by atoms with van der Waals surface area (Å²) in [6.45, 7) is 6.70. The number of nitrogens with zero attached hydrogens (tertiary/aromatic N) is 1. The third-order valence-electron chi connectivity index (χ3n) is 4.95. The number of benzene rings is 2. The predicted molar refractivity (Wildman–Crippen MR) is 112 cm³/mol. The van der Waals surface area contributed by atoms with E-state index in [0.29, 0.717) is 30.1 Å². The number of hydrogen-bond acceptors (Lipinski definition) is 3. The molecule has 0 bridgehead atoms. The Morgan fingerprint density at radius 1 is 1.07 bits per heavy atom. The lowest BCUT2D eigenvalue weighted by atomic mass is 9.87. The average molecular weight is 421 g/mol. The highest BCUT2D eigenvalue weighted by Gasteiger charge is 2.39. The van der Waals surface area contributed by atoms with Crippen LogP contribution in [0.1, 0.15) is 39.2 Å². The van der Waals surface area contributed by atoms with Crippen molar-refractivity contribution in [3.05, 3.63) is 59.1 Å². The summed E-state index contributed by atoms with van der Waals surface area (Å²) in [5.41, 5.74) is 1.85. The van der Waals surface area contributed by atoms with Crippen molar-refractivity contribution < 1.29 is 13.2 Å². The van der Waals surface area contributed by atoms with Crippen LogP contribution in [0.15, 0.2) is 53.4 Å². The topological polar surface area (TPSA) is 66.5 Å². The van der Waals surface area contributed by atoms with Gasteiger partial charge in [-0.15, -0.1) is 0 Å². The maximum atomic E-state index is 13.0. The Morgan fingerprint density at radius 2 is 1.68 bits per heavy atom. The Hall–Kier alpha value is -1.89. The van der Waals surface area contributed by atoms with Crippen LogP contribution in [0.2, 0.25) is 5.02 Å². The van der Waals surface area contributed by atoms with E-state index in [4.69, 9.17) is 11.6 Å². The smallest absolute Gasteiger partial charge is 0.243 e. The van der Waals surface area contributed by atoms with Gasteiger partial charge in [-0.25, -0.2) is 8.42 Å². The van der Waals surface area contributed by atoms with Gasteiger partial charge >= 0.3 is 0 Å². The first-order chi connectivity index (χ1) is 13.1. The summed E-state index contributed by atoms with van der Waals surface area (Å²) in [6, 6.07) is 13.0. The van der Waals surface area contributed by atoms with Gasteiger partial charge < -0.3 is 5.32 Å². The Balaban J connectivity index is 1.77. The molecule has 1 N–H and O–H groups in total. The molecule has 2 aromatic carbocycles. The van der Waals surface area contributed by atoms with Gasteiger partial charge in [0, 0.05) is 17.3 Å². The zero-order chi connectivity index (χ0) is 20.5. The molecule has 1 unspecified atom stereocenters. The molecule has 1 amide bonds. The molecule has 28 heavy (non-hydrogen) atoms. The Labute approximate surface area is 171 Å². The van der Waals surface area contributed by atoms with Crippen molar-refractivity contribution in [2.45, 2.75) is 50.0 Å². The molecule has 1 saturated heterocycles. The number of amides is 1. The third-order valence-corrected chi connectivity index (χ3v) is 7.12. The Morgan fingerprint density at radius 3 is 2.25 bits per heavy atom. The largest absolute Gasteiger partial charge is 0.325 e. The molecule has 1 aliphatic heterocycles. The van der Waals surface area contributed by atoms with E-state index >= 15 is 0 Å². The fraction of sp³-hybridized carbons (Fsp3) is 0.381. The summed E-state index contributed by atoms with van der Waals surface area (Å²) in [6.07, 6.45) is 1.15. The SMILES string of the molecule is CC(C)(C)c1ccc(NC(=O)C2CCCN2S(=O)(=O)c2ccc(Cl)cc2)cc1. The van der Waals surface area contributed by atoms with E-state index in [1.807, 2.05) is 24.3 Å². The van der Waals surface area contributed by atoms with Crippen molar-refractivity contribution in [1.82, 2.24) is 4.31 Å². The summed E-state index contributed by atoms with van der Waals surface area (Å²) in [4.78, 5) is 12.9. The predicted octanol–water partition coefficient (Wildman–Crippen LogP) is 4.43. The van der Waals surface area contributed by atoms with Crippen LogP contribution in [-0.2, 0) is 20.2 Å². The maximum Gasteiger partial charge on any atom is 0.243 e. The molecule has 2 aromatic rings. The highest BCUT2D eigenvalue weighted by Crippen LogP contribution is 2.28. The molecule has 0 radical (unpaired) electrons. The zero-order valence-electron chi connectivity index (χ0n) is 16.3. The molecular weight excluding hydrogens is 396 g/mol. The molecular formula is C21H25ClN2O3S. The van der Waals surface area contributed by atoms with E-state index in [-0.39, 0.29) is 16.2 Å². The highest BCUT2D eigenvalue weighted by molar-refractivity contribution is 7.89. The van der Waals surface area contributed by atoms with E-state index in [1.54, 1.807) is 0 Å². The van der Waals surface area contributed by atoms with Gasteiger partial charge in [0.2, 0.25) is 15.9 Å². The highest BCUT2D eigenvalue weighted by atomic mass is 35.5. The Kier molecular flexibility index (Phi) is 5.84. The number of anilines is 1. The van der Waals surface area contributed by atoms with E-state index in [1.165, 1.54) is 34.1 Å². The van der Waals surface area contributed by atoms with Crippen molar-refractivity contribution in [1.29, 1.82) is 0 Å². The van der Waals surface area contributed by atoms with Crippen LogP contribution in [0.5, 0.6) is 0 Å². The third kappa shape index (κ3) is 4.40. The molecule has 7 heteroatoms. The standard InChI is InChI=1S/C21H25ClN2O3S/c1-21(2,3)15-6-10-17(11-7-15)23-20(25)19-5-4-14-24(19)28(26,27)18-12-8-16(22)9-13-18/h6-13,19H,4-5,14H2,1-3H3,(H,23,25). The van der Waals surface area contributed by atoms with Gasteiger partial charge in [-0.2, -0.15) is 4.31 Å². The molecule has 0 spiro atoms. The van der Waals surface area contributed by atoms with Gasteiger partial charge in [-0.1, -0.05) is 44.5 Å². The van der Waals surface area contributed by atoms with Crippen LogP contribution in [0.4, 0.5) is 5.69 Å². The van der Waals surface area contributed by atoms with Crippen LogP contribution >= 0.6 is 11.6 Å². The molecule has 1 aliphatic rings. The van der Waals surface area contributed by atoms with E-state index < -0.39 is 16.1 Å². The number of nitrogens with one attached hydrogen (secondary N) is 1. The second-order valence-electron chi connectivity index (χ2n) is 8.04. The van der Waals surface area contributed by atoms with Crippen LogP contribution in [0.25, 0.3) is 0 Å². The molecule has 150 valence electrons. The maximum absolute atomic E-state index is 13.0. The monoisotopic (exact) mass is 420 g/mol. The molecule has 1 atom stereocenters. The Bertz CT molecular complexity index is 949. The second-order valence-corrected chi connectivity index (χ2v) is 10.4. The number of carbonyl (C=O) groups excluding carboxylic acids is 1. The average Bonchev–Trinajstić information content (AvgIpc) is 3.12. The van der Waals surface area contributed by atoms with Crippen molar-refractivity contribution in [2.75, 3.05) is 11.9 Å². The zero-order valence-corrected chi connectivity index (χ0v) is 17.8. The van der Waals surface area contributed by atoms with Gasteiger partial charge in [-0.05, 0) is 60.2 Å². The molecule has 0 saturated carbocycles. The molecule has 0 aliphatic carbocycles. The first kappa shape index (κ1) is 20.8. The van der Waals surface area contributed by atoms with Gasteiger partial charge in [0.15, 0.2) is 0 Å². The quantitative estimate of drug-likeness (QED) is 0.795. The molecule has 5 nitrogen and oxygen atoms in total. The van der Waals surface area contributed by atoms with Crippen LogP contribution < -0.4 is 5.32 Å². The minimum atomic E-state index is -3.75. The summed E-state index contributed by atoms with van der Waals surface area (Å²) < 4.78 is 27.2. The fourth-order valence-corrected chi connectivity index (χ4v) is 5.09. The lowest BCUT2D eigenvalue weighted by Crippen LogP contribution is -2.43. The van der Waals surface area contributed by atoms with Gasteiger partial charge in [0.1, 0.15) is 6.04 Å². The van der Waals surface area contributed by atoms with Crippen molar-refractivity contribution in [2.24, 2.45) is 0 Å². The first-order valence-corrected chi connectivity index (χ1v) is 11.1. The minimum Gasteiger partial charge on any atom is -0.325 e. The molecule has 3 rings (SSSR count). The van der Waals surface area contributed by atoms with E-state index in [2.05, 4.69) is 26.1 Å². The van der Waals surface area contributed by atoms with Gasteiger partial charge in [-0.3, -0.25) is 4.79 Å². The van der Waals surface area contributed by atoms with Crippen LogP contribution in [-0.4, -0.2) is 31.2 Å². The molecule has 1 heterocycles. The lowest BCUT2D eigenvalue weighted by molar-refractivity contribution is -0.119. The molecule has 1 fully saturated rings. The van der Waals surface area contributed by atoms with Gasteiger partial charge in [0.05, 0.1) is 4.90 Å². The molecule has 0 aromatic heterocycles. The summed E-state index contributed by atoms with van der Waals surface area (Å²) in [5, 5.41) is 3.33. The van der Waals surface area contributed by atoms with E-state index in [0.717, 1.165) is 0 Å². The number of rotatable bonds is 4. The lowest BCUT2D eigenvalue weighted by Gasteiger charge is -2.24. The number of carbonyl (C=O) groups is 1. The first-order valence-electron chi connectivity index (χ1n) is 9.28.